The lowest BCUT2D eigenvalue weighted by atomic mass is 10.1. The van der Waals surface area contributed by atoms with Crippen LogP contribution in [-0.4, -0.2) is 26.2 Å². The van der Waals surface area contributed by atoms with E-state index in [1.54, 1.807) is 7.11 Å². The Balaban J connectivity index is 0.00000400. The molecule has 5 heteroatoms. The van der Waals surface area contributed by atoms with E-state index in [0.29, 0.717) is 11.9 Å². The van der Waals surface area contributed by atoms with Gasteiger partial charge < -0.3 is 15.8 Å². The average Bonchev–Trinajstić information content (AvgIpc) is 2.43. The fourth-order valence-corrected chi connectivity index (χ4v) is 1.86. The first-order valence-corrected chi connectivity index (χ1v) is 7.28. The number of nitrogens with zero attached hydrogens (tertiary/aromatic N) is 1. The Morgan fingerprint density at radius 2 is 2.14 bits per heavy atom. The van der Waals surface area contributed by atoms with Crippen molar-refractivity contribution in [3.63, 3.8) is 0 Å². The van der Waals surface area contributed by atoms with E-state index in [-0.39, 0.29) is 24.0 Å². The van der Waals surface area contributed by atoms with Crippen molar-refractivity contribution in [1.82, 2.24) is 5.32 Å². The quantitative estimate of drug-likeness (QED) is 0.302. The molecule has 0 amide bonds. The molecule has 0 saturated carbocycles. The molecule has 1 aromatic rings. The first kappa shape index (κ1) is 20.0. The third kappa shape index (κ3) is 9.55. The van der Waals surface area contributed by atoms with E-state index in [0.717, 1.165) is 38.1 Å². The van der Waals surface area contributed by atoms with Crippen LogP contribution >= 0.6 is 24.0 Å². The second-order valence-corrected chi connectivity index (χ2v) is 5.33. The molecule has 0 atom stereocenters. The van der Waals surface area contributed by atoms with Crippen LogP contribution in [0.1, 0.15) is 32.3 Å². The minimum absolute atomic E-state index is 0. The van der Waals surface area contributed by atoms with Crippen molar-refractivity contribution in [2.75, 3.05) is 20.2 Å². The molecule has 1 aromatic carbocycles. The van der Waals surface area contributed by atoms with Crippen LogP contribution in [0, 0.1) is 5.92 Å². The van der Waals surface area contributed by atoms with Gasteiger partial charge in [-0.05, 0) is 42.9 Å². The highest BCUT2D eigenvalue weighted by molar-refractivity contribution is 14.0. The van der Waals surface area contributed by atoms with Crippen LogP contribution < -0.4 is 15.8 Å². The summed E-state index contributed by atoms with van der Waals surface area (Å²) in [5.41, 5.74) is 7.07. The summed E-state index contributed by atoms with van der Waals surface area (Å²) < 4.78 is 5.21. The molecular formula is C16H28IN3O. The van der Waals surface area contributed by atoms with Gasteiger partial charge in [0.25, 0.3) is 0 Å². The van der Waals surface area contributed by atoms with Gasteiger partial charge in [-0.25, -0.2) is 0 Å². The van der Waals surface area contributed by atoms with Crippen LogP contribution in [0.15, 0.2) is 29.3 Å². The van der Waals surface area contributed by atoms with E-state index in [1.165, 1.54) is 5.56 Å². The number of nitrogens with one attached hydrogen (secondary N) is 1. The topological polar surface area (TPSA) is 59.6 Å². The van der Waals surface area contributed by atoms with Gasteiger partial charge >= 0.3 is 0 Å². The summed E-state index contributed by atoms with van der Waals surface area (Å²) in [4.78, 5) is 4.33. The number of guanidine groups is 1. The number of hydrogen-bond acceptors (Lipinski definition) is 2. The van der Waals surface area contributed by atoms with E-state index in [2.05, 4.69) is 36.3 Å². The van der Waals surface area contributed by atoms with Crippen LogP contribution in [-0.2, 0) is 6.42 Å². The number of nitrogens with two attached hydrogens (primary N) is 1. The van der Waals surface area contributed by atoms with Crippen LogP contribution in [0.2, 0.25) is 0 Å². The molecule has 0 unspecified atom stereocenters. The van der Waals surface area contributed by atoms with Gasteiger partial charge in [0, 0.05) is 13.1 Å². The molecule has 0 radical (unpaired) electrons. The number of rotatable bonds is 8. The number of benzene rings is 1. The zero-order chi connectivity index (χ0) is 14.8. The number of methoxy groups -OCH3 is 1. The first-order valence-electron chi connectivity index (χ1n) is 7.28. The molecule has 0 aromatic heterocycles. The van der Waals surface area contributed by atoms with Crippen molar-refractivity contribution in [3.05, 3.63) is 29.8 Å². The van der Waals surface area contributed by atoms with Gasteiger partial charge in [0.2, 0.25) is 0 Å². The largest absolute Gasteiger partial charge is 0.497 e. The van der Waals surface area contributed by atoms with Crippen molar-refractivity contribution in [2.24, 2.45) is 16.6 Å². The van der Waals surface area contributed by atoms with Gasteiger partial charge in [0.1, 0.15) is 5.75 Å². The van der Waals surface area contributed by atoms with Gasteiger partial charge in [-0.2, -0.15) is 0 Å². The molecule has 0 aliphatic rings. The van der Waals surface area contributed by atoms with E-state index >= 15 is 0 Å². The molecule has 4 nitrogen and oxygen atoms in total. The van der Waals surface area contributed by atoms with Crippen molar-refractivity contribution in [2.45, 2.75) is 33.1 Å². The average molecular weight is 405 g/mol. The maximum absolute atomic E-state index is 5.80. The van der Waals surface area contributed by atoms with E-state index in [4.69, 9.17) is 10.5 Å². The highest BCUT2D eigenvalue weighted by atomic mass is 127. The predicted octanol–water partition coefficient (Wildman–Crippen LogP) is 3.20. The lowest BCUT2D eigenvalue weighted by Gasteiger charge is -2.07. The lowest BCUT2D eigenvalue weighted by molar-refractivity contribution is 0.414. The Morgan fingerprint density at radius 3 is 2.81 bits per heavy atom. The van der Waals surface area contributed by atoms with Crippen LogP contribution in [0.5, 0.6) is 5.75 Å². The highest BCUT2D eigenvalue weighted by Gasteiger charge is 1.97. The molecule has 0 spiro atoms. The second-order valence-electron chi connectivity index (χ2n) is 5.33. The Labute approximate surface area is 145 Å². The van der Waals surface area contributed by atoms with Crippen LogP contribution in [0.25, 0.3) is 0 Å². The standard InChI is InChI=1S/C16H27N3O.HI/c1-13(2)9-11-19-16(17)18-10-5-7-14-6-4-8-15(12-14)20-3;/h4,6,8,12-13H,5,7,9-11H2,1-3H3,(H3,17,18,19);1H. The van der Waals surface area contributed by atoms with E-state index in [9.17, 15) is 0 Å². The zero-order valence-corrected chi connectivity index (χ0v) is 15.6. The van der Waals surface area contributed by atoms with Crippen molar-refractivity contribution < 1.29 is 4.74 Å². The highest BCUT2D eigenvalue weighted by Crippen LogP contribution is 2.13. The van der Waals surface area contributed by atoms with Gasteiger partial charge in [-0.1, -0.05) is 26.0 Å². The summed E-state index contributed by atoms with van der Waals surface area (Å²) in [6.07, 6.45) is 3.08. The molecule has 1 rings (SSSR count). The number of halogens is 1. The Bertz CT molecular complexity index is 422. The zero-order valence-electron chi connectivity index (χ0n) is 13.3. The molecule has 0 bridgehead atoms. The lowest BCUT2D eigenvalue weighted by Crippen LogP contribution is -2.33. The number of aliphatic imine (C=N–C) groups is 1. The minimum atomic E-state index is 0. The van der Waals surface area contributed by atoms with Crippen molar-refractivity contribution >= 4 is 29.9 Å². The third-order valence-corrected chi connectivity index (χ3v) is 3.07. The SMILES string of the molecule is COc1cccc(CCCN=C(N)NCCC(C)C)c1.I. The summed E-state index contributed by atoms with van der Waals surface area (Å²) in [6.45, 7) is 6.03. The van der Waals surface area contributed by atoms with E-state index < -0.39 is 0 Å². The third-order valence-electron chi connectivity index (χ3n) is 3.07. The smallest absolute Gasteiger partial charge is 0.188 e. The molecule has 21 heavy (non-hydrogen) atoms. The summed E-state index contributed by atoms with van der Waals surface area (Å²) in [6, 6.07) is 8.14. The first-order chi connectivity index (χ1) is 9.61. The number of ether oxygens (including phenoxy) is 1. The van der Waals surface area contributed by atoms with Gasteiger partial charge in [0.05, 0.1) is 7.11 Å². The Kier molecular flexibility index (Phi) is 11.1. The molecule has 0 heterocycles. The molecule has 3 N–H and O–H groups in total. The maximum Gasteiger partial charge on any atom is 0.188 e. The van der Waals surface area contributed by atoms with Gasteiger partial charge in [-0.3, -0.25) is 4.99 Å². The fourth-order valence-electron chi connectivity index (χ4n) is 1.86. The summed E-state index contributed by atoms with van der Waals surface area (Å²) in [7, 11) is 1.69. The molecule has 0 aliphatic carbocycles. The van der Waals surface area contributed by atoms with Crippen LogP contribution in [0.4, 0.5) is 0 Å². The molecule has 120 valence electrons. The Morgan fingerprint density at radius 1 is 1.38 bits per heavy atom. The van der Waals surface area contributed by atoms with Crippen LogP contribution in [0.3, 0.4) is 0 Å². The maximum atomic E-state index is 5.80. The second kappa shape index (κ2) is 11.7. The summed E-state index contributed by atoms with van der Waals surface area (Å²) in [5, 5.41) is 3.14. The fraction of sp³-hybridized carbons (Fsp3) is 0.562. The number of hydrogen-bond donors (Lipinski definition) is 2. The minimum Gasteiger partial charge on any atom is -0.497 e. The Hall–Kier alpha value is -0.980. The van der Waals surface area contributed by atoms with Crippen molar-refractivity contribution in [3.8, 4) is 5.75 Å². The molecule has 0 fully saturated rings. The summed E-state index contributed by atoms with van der Waals surface area (Å²) in [5.74, 6) is 2.14. The number of aryl methyl sites for hydroxylation is 1. The molecule has 0 aliphatic heterocycles. The summed E-state index contributed by atoms with van der Waals surface area (Å²) >= 11 is 0. The van der Waals surface area contributed by atoms with Gasteiger partial charge in [0.15, 0.2) is 5.96 Å². The van der Waals surface area contributed by atoms with Gasteiger partial charge in [-0.15, -0.1) is 24.0 Å². The molecular weight excluding hydrogens is 377 g/mol. The monoisotopic (exact) mass is 405 g/mol. The molecule has 0 saturated heterocycles. The van der Waals surface area contributed by atoms with E-state index in [1.807, 2.05) is 12.1 Å². The predicted molar refractivity (Wildman–Crippen MR) is 101 cm³/mol. The normalized spacial score (nSPS) is 11.1. The van der Waals surface area contributed by atoms with Crippen molar-refractivity contribution in [1.29, 1.82) is 0 Å².